The van der Waals surface area contributed by atoms with Gasteiger partial charge < -0.3 is 30.5 Å². The predicted octanol–water partition coefficient (Wildman–Crippen LogP) is 2.84. The highest BCUT2D eigenvalue weighted by Crippen LogP contribution is 2.33. The monoisotopic (exact) mass is 399 g/mol. The number of methoxy groups -OCH3 is 2. The van der Waals surface area contributed by atoms with Crippen LogP contribution in [0.4, 0.5) is 5.69 Å². The molecule has 0 unspecified atom stereocenters. The topological polar surface area (TPSA) is 91.9 Å². The number of anilines is 1. The minimum Gasteiger partial charge on any atom is -0.504 e. The van der Waals surface area contributed by atoms with E-state index in [0.29, 0.717) is 33.6 Å². The Hall–Kier alpha value is -3.26. The van der Waals surface area contributed by atoms with E-state index in [-0.39, 0.29) is 11.7 Å². The van der Waals surface area contributed by atoms with Gasteiger partial charge >= 0.3 is 0 Å². The maximum atomic E-state index is 13.0. The number of hydrogen-bond acceptors (Lipinski definition) is 5. The van der Waals surface area contributed by atoms with Gasteiger partial charge in [-0.2, -0.15) is 0 Å². The molecule has 0 bridgehead atoms. The number of phenolic OH excluding ortho intramolecular Hbond substituents is 1. The van der Waals surface area contributed by atoms with Gasteiger partial charge in [-0.25, -0.2) is 0 Å². The second-order valence-corrected chi connectivity index (χ2v) is 6.59. The van der Waals surface area contributed by atoms with Gasteiger partial charge in [0.05, 0.1) is 25.8 Å². The van der Waals surface area contributed by atoms with Crippen LogP contribution in [0.3, 0.4) is 0 Å². The number of allylic oxidation sites excluding steroid dienone is 1. The third-order valence-electron chi connectivity index (χ3n) is 4.40. The molecule has 1 amide bonds. The highest BCUT2D eigenvalue weighted by atomic mass is 32.1. The van der Waals surface area contributed by atoms with Crippen molar-refractivity contribution in [3.05, 3.63) is 59.3 Å². The van der Waals surface area contributed by atoms with Crippen molar-refractivity contribution in [2.45, 2.75) is 13.0 Å². The Labute approximate surface area is 168 Å². The lowest BCUT2D eigenvalue weighted by molar-refractivity contribution is -0.113. The molecule has 1 heterocycles. The van der Waals surface area contributed by atoms with Gasteiger partial charge in [0.25, 0.3) is 5.91 Å². The van der Waals surface area contributed by atoms with Crippen LogP contribution in [-0.4, -0.2) is 30.3 Å². The largest absolute Gasteiger partial charge is 0.504 e. The zero-order chi connectivity index (χ0) is 20.3. The zero-order valence-electron chi connectivity index (χ0n) is 15.7. The summed E-state index contributed by atoms with van der Waals surface area (Å²) in [6.07, 6.45) is 0. The molecule has 2 aromatic rings. The summed E-state index contributed by atoms with van der Waals surface area (Å²) in [5, 5.41) is 19.3. The molecule has 28 heavy (non-hydrogen) atoms. The van der Waals surface area contributed by atoms with Gasteiger partial charge in [-0.3, -0.25) is 4.79 Å². The van der Waals surface area contributed by atoms with Crippen LogP contribution in [0.1, 0.15) is 18.5 Å². The van der Waals surface area contributed by atoms with Crippen LogP contribution in [0.25, 0.3) is 0 Å². The first kappa shape index (κ1) is 19.5. The molecule has 3 rings (SSSR count). The lowest BCUT2D eigenvalue weighted by Crippen LogP contribution is -2.45. The maximum Gasteiger partial charge on any atom is 0.255 e. The summed E-state index contributed by atoms with van der Waals surface area (Å²) in [4.78, 5) is 13.0. The quantitative estimate of drug-likeness (QED) is 0.575. The molecule has 0 fully saturated rings. The van der Waals surface area contributed by atoms with E-state index in [0.717, 1.165) is 5.56 Å². The Morgan fingerprint density at radius 2 is 1.86 bits per heavy atom. The molecule has 0 radical (unpaired) electrons. The molecule has 1 aliphatic rings. The van der Waals surface area contributed by atoms with E-state index in [1.165, 1.54) is 13.2 Å². The number of aromatic hydroxyl groups is 1. The Kier molecular flexibility index (Phi) is 5.70. The standard InChI is InChI=1S/C20H21N3O4S/c1-11-17(19(25)22-13-5-7-14(26-2)8-6-13)18(23-20(28)21-11)12-4-9-15(24)16(10-12)27-3/h4-10,18,24H,1-3H3,(H,22,25)(H2,21,23,28)/t18-/m0/s1. The van der Waals surface area contributed by atoms with E-state index in [4.69, 9.17) is 21.7 Å². The van der Waals surface area contributed by atoms with Crippen LogP contribution in [0.2, 0.25) is 0 Å². The van der Waals surface area contributed by atoms with Gasteiger partial charge in [-0.15, -0.1) is 0 Å². The molecule has 8 heteroatoms. The Morgan fingerprint density at radius 1 is 1.14 bits per heavy atom. The third-order valence-corrected chi connectivity index (χ3v) is 4.62. The summed E-state index contributed by atoms with van der Waals surface area (Å²) >= 11 is 5.26. The van der Waals surface area contributed by atoms with E-state index in [2.05, 4.69) is 16.0 Å². The maximum absolute atomic E-state index is 13.0. The second kappa shape index (κ2) is 8.18. The first-order valence-electron chi connectivity index (χ1n) is 8.53. The smallest absolute Gasteiger partial charge is 0.255 e. The van der Waals surface area contributed by atoms with Crippen molar-refractivity contribution in [1.29, 1.82) is 0 Å². The second-order valence-electron chi connectivity index (χ2n) is 6.18. The van der Waals surface area contributed by atoms with Crippen molar-refractivity contribution in [2.24, 2.45) is 0 Å². The Balaban J connectivity index is 1.93. The van der Waals surface area contributed by atoms with Gasteiger partial charge in [0.1, 0.15) is 5.75 Å². The van der Waals surface area contributed by atoms with Gasteiger partial charge in [-0.05, 0) is 61.1 Å². The summed E-state index contributed by atoms with van der Waals surface area (Å²) in [7, 11) is 3.05. The number of carbonyl (C=O) groups excluding carboxylic acids is 1. The van der Waals surface area contributed by atoms with Crippen LogP contribution in [-0.2, 0) is 4.79 Å². The number of phenols is 1. The SMILES string of the molecule is COc1ccc(NC(=O)C2=C(C)NC(=S)N[C@H]2c2ccc(O)c(OC)c2)cc1. The molecule has 2 aromatic carbocycles. The molecule has 4 N–H and O–H groups in total. The number of rotatable bonds is 5. The predicted molar refractivity (Wildman–Crippen MR) is 111 cm³/mol. The lowest BCUT2D eigenvalue weighted by Gasteiger charge is -2.30. The summed E-state index contributed by atoms with van der Waals surface area (Å²) in [6, 6.07) is 11.5. The van der Waals surface area contributed by atoms with E-state index in [1.807, 2.05) is 0 Å². The summed E-state index contributed by atoms with van der Waals surface area (Å²) in [5.74, 6) is 0.764. The van der Waals surface area contributed by atoms with Crippen molar-refractivity contribution in [3.63, 3.8) is 0 Å². The van der Waals surface area contributed by atoms with Crippen molar-refractivity contribution in [3.8, 4) is 17.2 Å². The number of nitrogens with one attached hydrogen (secondary N) is 3. The van der Waals surface area contributed by atoms with E-state index < -0.39 is 6.04 Å². The normalized spacial score (nSPS) is 16.1. The van der Waals surface area contributed by atoms with Crippen molar-refractivity contribution >= 4 is 28.9 Å². The van der Waals surface area contributed by atoms with Gasteiger partial charge in [0.2, 0.25) is 0 Å². The van der Waals surface area contributed by atoms with Crippen molar-refractivity contribution < 1.29 is 19.4 Å². The molecule has 0 aliphatic carbocycles. The highest BCUT2D eigenvalue weighted by Gasteiger charge is 2.30. The van der Waals surface area contributed by atoms with Crippen LogP contribution < -0.4 is 25.4 Å². The molecule has 0 saturated heterocycles. The Morgan fingerprint density at radius 3 is 2.50 bits per heavy atom. The Bertz CT molecular complexity index is 941. The van der Waals surface area contributed by atoms with Crippen LogP contribution in [0, 0.1) is 0 Å². The van der Waals surface area contributed by atoms with E-state index in [1.54, 1.807) is 50.4 Å². The number of thiocarbonyl (C=S) groups is 1. The average Bonchev–Trinajstić information content (AvgIpc) is 2.68. The molecular weight excluding hydrogens is 378 g/mol. The molecular formula is C20H21N3O4S. The van der Waals surface area contributed by atoms with Crippen LogP contribution in [0.15, 0.2) is 53.7 Å². The summed E-state index contributed by atoms with van der Waals surface area (Å²) in [5.41, 5.74) is 2.50. The minimum absolute atomic E-state index is 0.0210. The van der Waals surface area contributed by atoms with Gasteiger partial charge in [0, 0.05) is 11.4 Å². The van der Waals surface area contributed by atoms with Crippen LogP contribution in [0.5, 0.6) is 17.2 Å². The molecule has 7 nitrogen and oxygen atoms in total. The van der Waals surface area contributed by atoms with Crippen molar-refractivity contribution in [2.75, 3.05) is 19.5 Å². The number of ether oxygens (including phenoxy) is 2. The van der Waals surface area contributed by atoms with Gasteiger partial charge in [0.15, 0.2) is 16.6 Å². The zero-order valence-corrected chi connectivity index (χ0v) is 16.5. The minimum atomic E-state index is -0.499. The number of hydrogen-bond donors (Lipinski definition) is 4. The number of benzene rings is 2. The number of carbonyl (C=O) groups is 1. The fraction of sp³-hybridized carbons (Fsp3) is 0.200. The molecule has 0 saturated carbocycles. The van der Waals surface area contributed by atoms with Gasteiger partial charge in [-0.1, -0.05) is 6.07 Å². The lowest BCUT2D eigenvalue weighted by atomic mass is 9.94. The fourth-order valence-corrected chi connectivity index (χ4v) is 3.26. The summed E-state index contributed by atoms with van der Waals surface area (Å²) < 4.78 is 10.3. The first-order valence-corrected chi connectivity index (χ1v) is 8.94. The van der Waals surface area contributed by atoms with Crippen molar-refractivity contribution in [1.82, 2.24) is 10.6 Å². The molecule has 1 atom stereocenters. The fourth-order valence-electron chi connectivity index (χ4n) is 2.99. The number of amides is 1. The van der Waals surface area contributed by atoms with Crippen LogP contribution >= 0.6 is 12.2 Å². The highest BCUT2D eigenvalue weighted by molar-refractivity contribution is 7.80. The molecule has 0 spiro atoms. The van der Waals surface area contributed by atoms with E-state index >= 15 is 0 Å². The third kappa shape index (κ3) is 4.01. The molecule has 146 valence electrons. The molecule has 0 aromatic heterocycles. The molecule has 1 aliphatic heterocycles. The van der Waals surface area contributed by atoms with E-state index in [9.17, 15) is 9.90 Å². The average molecular weight is 399 g/mol. The first-order chi connectivity index (χ1) is 13.4. The summed E-state index contributed by atoms with van der Waals surface area (Å²) in [6.45, 7) is 1.79.